The number of fused-ring (bicyclic) bond motifs is 1. The Bertz CT molecular complexity index is 1090. The van der Waals surface area contributed by atoms with Crippen LogP contribution >= 0.6 is 15.9 Å². The number of hydrogen-bond donors (Lipinski definition) is 1. The third kappa shape index (κ3) is 5.74. The number of ether oxygens (including phenoxy) is 1. The summed E-state index contributed by atoms with van der Waals surface area (Å²) < 4.78 is 7.12. The van der Waals surface area contributed by atoms with Crippen molar-refractivity contribution in [1.29, 1.82) is 0 Å². The molecular formula is C21H20BrN3O4. The summed E-state index contributed by atoms with van der Waals surface area (Å²) in [6.07, 6.45) is 1.37. The minimum atomic E-state index is -0.559. The Kier molecular flexibility index (Phi) is 6.77. The Morgan fingerprint density at radius 3 is 2.69 bits per heavy atom. The molecule has 0 bridgehead atoms. The van der Waals surface area contributed by atoms with Crippen LogP contribution in [0.15, 0.2) is 58.1 Å². The predicted molar refractivity (Wildman–Crippen MR) is 112 cm³/mol. The van der Waals surface area contributed by atoms with Crippen molar-refractivity contribution < 1.29 is 14.3 Å². The highest BCUT2D eigenvalue weighted by atomic mass is 79.9. The van der Waals surface area contributed by atoms with E-state index in [1.165, 1.54) is 10.9 Å². The number of benzene rings is 2. The van der Waals surface area contributed by atoms with Crippen molar-refractivity contribution in [2.24, 2.45) is 0 Å². The van der Waals surface area contributed by atoms with Crippen molar-refractivity contribution in [3.63, 3.8) is 0 Å². The van der Waals surface area contributed by atoms with E-state index >= 15 is 0 Å². The second-order valence-corrected chi connectivity index (χ2v) is 7.49. The van der Waals surface area contributed by atoms with Crippen molar-refractivity contribution in [3.8, 4) is 0 Å². The molecule has 0 radical (unpaired) electrons. The van der Waals surface area contributed by atoms with Crippen LogP contribution in [0.4, 0.5) is 0 Å². The molecule has 0 saturated carbocycles. The number of nitrogens with one attached hydrogen (secondary N) is 1. The summed E-state index contributed by atoms with van der Waals surface area (Å²) in [4.78, 5) is 40.5. The van der Waals surface area contributed by atoms with Gasteiger partial charge in [-0.2, -0.15) is 0 Å². The van der Waals surface area contributed by atoms with Crippen molar-refractivity contribution in [1.82, 2.24) is 14.9 Å². The molecule has 3 aromatic rings. The molecule has 29 heavy (non-hydrogen) atoms. The van der Waals surface area contributed by atoms with E-state index in [9.17, 15) is 14.4 Å². The molecule has 0 atom stereocenters. The fourth-order valence-electron chi connectivity index (χ4n) is 2.68. The average Bonchev–Trinajstić information content (AvgIpc) is 2.71. The van der Waals surface area contributed by atoms with E-state index in [0.29, 0.717) is 17.4 Å². The number of hydrogen-bond acceptors (Lipinski definition) is 5. The van der Waals surface area contributed by atoms with Crippen LogP contribution in [-0.2, 0) is 27.4 Å². The number of amides is 1. The van der Waals surface area contributed by atoms with E-state index in [0.717, 1.165) is 15.6 Å². The molecule has 0 fully saturated rings. The van der Waals surface area contributed by atoms with Gasteiger partial charge in [-0.05, 0) is 30.7 Å². The van der Waals surface area contributed by atoms with Gasteiger partial charge in [0, 0.05) is 17.6 Å². The maximum atomic E-state index is 12.5. The van der Waals surface area contributed by atoms with Crippen LogP contribution in [0.25, 0.3) is 10.9 Å². The van der Waals surface area contributed by atoms with Gasteiger partial charge in [0.25, 0.3) is 11.5 Å². The van der Waals surface area contributed by atoms with Crippen LogP contribution in [-0.4, -0.2) is 28.0 Å². The molecule has 0 spiro atoms. The monoisotopic (exact) mass is 457 g/mol. The second kappa shape index (κ2) is 9.47. The minimum absolute atomic E-state index is 0.0354. The van der Waals surface area contributed by atoms with E-state index in [4.69, 9.17) is 4.74 Å². The van der Waals surface area contributed by atoms with Gasteiger partial charge in [-0.15, -0.1) is 0 Å². The van der Waals surface area contributed by atoms with Gasteiger partial charge in [-0.1, -0.05) is 45.8 Å². The molecule has 0 aliphatic heterocycles. The molecule has 0 unspecified atom stereocenters. The van der Waals surface area contributed by atoms with Crippen LogP contribution in [0, 0.1) is 6.92 Å². The van der Waals surface area contributed by atoms with E-state index < -0.39 is 5.97 Å². The van der Waals surface area contributed by atoms with E-state index in [1.54, 1.807) is 18.2 Å². The molecule has 2 aromatic carbocycles. The Morgan fingerprint density at radius 1 is 1.17 bits per heavy atom. The zero-order chi connectivity index (χ0) is 20.8. The highest BCUT2D eigenvalue weighted by molar-refractivity contribution is 9.10. The number of esters is 1. The van der Waals surface area contributed by atoms with Crippen LogP contribution < -0.4 is 10.9 Å². The highest BCUT2D eigenvalue weighted by Gasteiger charge is 2.10. The predicted octanol–water partition coefficient (Wildman–Crippen LogP) is 2.72. The molecule has 1 heterocycles. The summed E-state index contributed by atoms with van der Waals surface area (Å²) in [6.45, 7) is 2.12. The topological polar surface area (TPSA) is 90.3 Å². The minimum Gasteiger partial charge on any atom is -0.456 e. The molecule has 150 valence electrons. The van der Waals surface area contributed by atoms with Gasteiger partial charge in [0.15, 0.2) is 6.61 Å². The summed E-state index contributed by atoms with van der Waals surface area (Å²) in [6, 6.07) is 13.0. The Hall–Kier alpha value is -3.00. The lowest BCUT2D eigenvalue weighted by molar-refractivity contribution is -0.148. The fraction of sp³-hybridized carbons (Fsp3) is 0.238. The number of carbonyl (C=O) groups excluding carboxylic acids is 2. The first-order valence-electron chi connectivity index (χ1n) is 9.05. The van der Waals surface area contributed by atoms with Crippen molar-refractivity contribution >= 4 is 38.7 Å². The van der Waals surface area contributed by atoms with Crippen molar-refractivity contribution in [2.75, 3.05) is 6.61 Å². The summed E-state index contributed by atoms with van der Waals surface area (Å²) in [5.74, 6) is -0.940. The van der Waals surface area contributed by atoms with Gasteiger partial charge in [0.05, 0.1) is 23.7 Å². The van der Waals surface area contributed by atoms with Crippen LogP contribution in [0.1, 0.15) is 17.5 Å². The largest absolute Gasteiger partial charge is 0.456 e. The number of carbonyl (C=O) groups is 2. The number of rotatable bonds is 7. The van der Waals surface area contributed by atoms with Crippen LogP contribution in [0.2, 0.25) is 0 Å². The summed E-state index contributed by atoms with van der Waals surface area (Å²) in [7, 11) is 0. The molecule has 1 N–H and O–H groups in total. The molecule has 7 nitrogen and oxygen atoms in total. The van der Waals surface area contributed by atoms with Crippen LogP contribution in [0.3, 0.4) is 0 Å². The molecular weight excluding hydrogens is 438 g/mol. The fourth-order valence-corrected chi connectivity index (χ4v) is 3.04. The molecule has 0 aliphatic rings. The first-order valence-corrected chi connectivity index (χ1v) is 9.84. The lowest BCUT2D eigenvalue weighted by Gasteiger charge is -2.08. The lowest BCUT2D eigenvalue weighted by Crippen LogP contribution is -2.29. The average molecular weight is 458 g/mol. The van der Waals surface area contributed by atoms with Gasteiger partial charge in [-0.25, -0.2) is 4.98 Å². The normalized spacial score (nSPS) is 10.7. The Morgan fingerprint density at radius 2 is 1.93 bits per heavy atom. The van der Waals surface area contributed by atoms with Gasteiger partial charge in [-0.3, -0.25) is 19.0 Å². The van der Waals surface area contributed by atoms with Gasteiger partial charge < -0.3 is 10.1 Å². The molecule has 1 aromatic heterocycles. The molecule has 3 rings (SSSR count). The molecule has 0 saturated heterocycles. The first kappa shape index (κ1) is 20.7. The van der Waals surface area contributed by atoms with E-state index in [1.807, 2.05) is 31.2 Å². The summed E-state index contributed by atoms with van der Waals surface area (Å²) >= 11 is 3.33. The van der Waals surface area contributed by atoms with Crippen LogP contribution in [0.5, 0.6) is 0 Å². The zero-order valence-corrected chi connectivity index (χ0v) is 17.4. The second-order valence-electron chi connectivity index (χ2n) is 6.58. The number of halogens is 1. The SMILES string of the molecule is Cc1ccc(CNC(=O)COC(=O)CCn2cnc3ccc(Br)cc3c2=O)cc1. The molecule has 0 aliphatic carbocycles. The van der Waals surface area contributed by atoms with Gasteiger partial charge in [0.1, 0.15) is 0 Å². The number of nitrogens with zero attached hydrogens (tertiary/aromatic N) is 2. The van der Waals surface area contributed by atoms with Gasteiger partial charge in [0.2, 0.25) is 0 Å². The van der Waals surface area contributed by atoms with Crippen molar-refractivity contribution in [2.45, 2.75) is 26.4 Å². The third-order valence-electron chi connectivity index (χ3n) is 4.32. The first-order chi connectivity index (χ1) is 13.9. The zero-order valence-electron chi connectivity index (χ0n) is 15.9. The lowest BCUT2D eigenvalue weighted by atomic mass is 10.1. The maximum absolute atomic E-state index is 12.5. The standard InChI is InChI=1S/C21H20BrN3O4/c1-14-2-4-15(5-3-14)11-23-19(26)12-29-20(27)8-9-25-13-24-18-7-6-16(22)10-17(18)21(25)28/h2-7,10,13H,8-9,11-12H2,1H3,(H,23,26). The Balaban J connectivity index is 1.47. The van der Waals surface area contributed by atoms with Crippen molar-refractivity contribution in [3.05, 3.63) is 74.7 Å². The maximum Gasteiger partial charge on any atom is 0.308 e. The molecule has 1 amide bonds. The third-order valence-corrected chi connectivity index (χ3v) is 4.81. The summed E-state index contributed by atoms with van der Waals surface area (Å²) in [5, 5.41) is 3.16. The summed E-state index contributed by atoms with van der Waals surface area (Å²) in [5.41, 5.74) is 2.45. The highest BCUT2D eigenvalue weighted by Crippen LogP contribution is 2.14. The van der Waals surface area contributed by atoms with E-state index in [-0.39, 0.29) is 31.0 Å². The van der Waals surface area contributed by atoms with E-state index in [2.05, 4.69) is 26.2 Å². The Labute approximate surface area is 175 Å². The van der Waals surface area contributed by atoms with Gasteiger partial charge >= 0.3 is 5.97 Å². The smallest absolute Gasteiger partial charge is 0.308 e. The number of aromatic nitrogens is 2. The molecule has 8 heteroatoms. The number of aryl methyl sites for hydroxylation is 2. The quantitative estimate of drug-likeness (QED) is 0.550.